The molecule has 0 aromatic heterocycles. The third-order valence-corrected chi connectivity index (χ3v) is 7.68. The van der Waals surface area contributed by atoms with Crippen LogP contribution in [0.15, 0.2) is 114 Å². The fraction of sp³-hybridized carbons (Fsp3) is 0.107. The lowest BCUT2D eigenvalue weighted by atomic mass is 9.95. The highest BCUT2D eigenvalue weighted by Gasteiger charge is 2.28. The van der Waals surface area contributed by atoms with Gasteiger partial charge in [-0.1, -0.05) is 90.5 Å². The normalized spacial score (nSPS) is 12.1. The van der Waals surface area contributed by atoms with Crippen molar-refractivity contribution in [2.24, 2.45) is 0 Å². The van der Waals surface area contributed by atoms with Crippen molar-refractivity contribution in [3.05, 3.63) is 131 Å². The Labute approximate surface area is 211 Å². The predicted octanol–water partition coefficient (Wildman–Crippen LogP) is 5.75. The zero-order valence-corrected chi connectivity index (χ0v) is 20.7. The summed E-state index contributed by atoms with van der Waals surface area (Å²) in [5.74, 6) is -0.443. The van der Waals surface area contributed by atoms with Gasteiger partial charge >= 0.3 is 0 Å². The van der Waals surface area contributed by atoms with Crippen molar-refractivity contribution in [2.75, 3.05) is 10.8 Å². The number of hydrogen-bond acceptors (Lipinski definition) is 3. The van der Waals surface area contributed by atoms with E-state index in [9.17, 15) is 13.2 Å². The van der Waals surface area contributed by atoms with Crippen LogP contribution in [0.3, 0.4) is 0 Å². The first-order valence-electron chi connectivity index (χ1n) is 11.1. The van der Waals surface area contributed by atoms with Gasteiger partial charge in [0.05, 0.1) is 16.6 Å². The van der Waals surface area contributed by atoms with Gasteiger partial charge in [0.2, 0.25) is 5.91 Å². The van der Waals surface area contributed by atoms with Crippen LogP contribution in [0.25, 0.3) is 0 Å². The molecule has 7 heteroatoms. The van der Waals surface area contributed by atoms with Crippen molar-refractivity contribution >= 4 is 33.2 Å². The molecular weight excluding hydrogens is 480 g/mol. The minimum Gasteiger partial charge on any atom is -0.344 e. The molecule has 0 aliphatic heterocycles. The number of benzene rings is 4. The number of halogens is 1. The van der Waals surface area contributed by atoms with Crippen LogP contribution in [-0.2, 0) is 14.8 Å². The molecule has 0 saturated heterocycles. The number of carbonyl (C=O) groups is 1. The van der Waals surface area contributed by atoms with Crippen molar-refractivity contribution in [1.29, 1.82) is 0 Å². The van der Waals surface area contributed by atoms with E-state index in [2.05, 4.69) is 5.32 Å². The summed E-state index contributed by atoms with van der Waals surface area (Å²) in [6, 6.07) is 31.5. The van der Waals surface area contributed by atoms with Crippen LogP contribution in [0.4, 0.5) is 5.69 Å². The van der Waals surface area contributed by atoms with Gasteiger partial charge in [0.15, 0.2) is 0 Å². The van der Waals surface area contributed by atoms with Crippen LogP contribution in [0.5, 0.6) is 0 Å². The van der Waals surface area contributed by atoms with Crippen molar-refractivity contribution in [1.82, 2.24) is 5.32 Å². The highest BCUT2D eigenvalue weighted by Crippen LogP contribution is 2.28. The molecule has 4 aromatic rings. The molecule has 1 amide bonds. The number of sulfonamides is 1. The first-order valence-corrected chi connectivity index (χ1v) is 12.9. The predicted molar refractivity (Wildman–Crippen MR) is 140 cm³/mol. The maximum absolute atomic E-state index is 13.6. The molecule has 5 nitrogen and oxygen atoms in total. The molecular formula is C28H25ClN2O3S. The Balaban J connectivity index is 1.70. The number of rotatable bonds is 8. The molecule has 0 saturated carbocycles. The second kappa shape index (κ2) is 10.8. The summed E-state index contributed by atoms with van der Waals surface area (Å²) in [6.07, 6.45) is 0. The van der Waals surface area contributed by atoms with Crippen molar-refractivity contribution in [3.63, 3.8) is 0 Å². The van der Waals surface area contributed by atoms with E-state index in [4.69, 9.17) is 11.6 Å². The first kappa shape index (κ1) is 24.5. The van der Waals surface area contributed by atoms with E-state index in [1.165, 1.54) is 18.2 Å². The van der Waals surface area contributed by atoms with Gasteiger partial charge in [0.25, 0.3) is 10.0 Å². The van der Waals surface area contributed by atoms with E-state index in [1.54, 1.807) is 36.4 Å². The number of carbonyl (C=O) groups excluding carboxylic acids is 1. The van der Waals surface area contributed by atoms with Gasteiger partial charge in [0.1, 0.15) is 6.54 Å². The SMILES string of the molecule is Cc1ccccc1C(NC(=O)CN(c1cccc(Cl)c1)S(=O)(=O)c1ccccc1)c1ccccc1. The standard InChI is InChI=1S/C28H25ClN2O3S/c1-21-11-8-9-18-26(21)28(22-12-4-2-5-13-22)30-27(32)20-31(24-15-10-14-23(29)19-24)35(33,34)25-16-6-3-7-17-25/h2-19,28H,20H2,1H3,(H,30,32). The molecule has 0 bridgehead atoms. The van der Waals surface area contributed by atoms with Gasteiger partial charge in [-0.25, -0.2) is 8.42 Å². The molecule has 1 atom stereocenters. The number of anilines is 1. The van der Waals surface area contributed by atoms with Gasteiger partial charge in [-0.05, 0) is 53.9 Å². The lowest BCUT2D eigenvalue weighted by Gasteiger charge is -2.27. The summed E-state index contributed by atoms with van der Waals surface area (Å²) in [5, 5.41) is 3.42. The lowest BCUT2D eigenvalue weighted by molar-refractivity contribution is -0.120. The number of aryl methyl sites for hydroxylation is 1. The van der Waals surface area contributed by atoms with Gasteiger partial charge in [-0.3, -0.25) is 9.10 Å². The molecule has 0 heterocycles. The fourth-order valence-electron chi connectivity index (χ4n) is 3.90. The van der Waals surface area contributed by atoms with Crippen LogP contribution in [0, 0.1) is 6.92 Å². The molecule has 4 rings (SSSR count). The summed E-state index contributed by atoms with van der Waals surface area (Å²) >= 11 is 6.16. The van der Waals surface area contributed by atoms with Gasteiger partial charge in [-0.15, -0.1) is 0 Å². The lowest BCUT2D eigenvalue weighted by Crippen LogP contribution is -2.42. The number of hydrogen-bond donors (Lipinski definition) is 1. The van der Waals surface area contributed by atoms with Gasteiger partial charge in [0, 0.05) is 5.02 Å². The van der Waals surface area contributed by atoms with Crippen LogP contribution >= 0.6 is 11.6 Å². The Bertz CT molecular complexity index is 1410. The summed E-state index contributed by atoms with van der Waals surface area (Å²) in [5.41, 5.74) is 3.16. The van der Waals surface area contributed by atoms with E-state index in [0.29, 0.717) is 10.7 Å². The number of nitrogens with one attached hydrogen (secondary N) is 1. The molecule has 4 aromatic carbocycles. The van der Waals surface area contributed by atoms with Gasteiger partial charge < -0.3 is 5.32 Å². The quantitative estimate of drug-likeness (QED) is 0.332. The Kier molecular flexibility index (Phi) is 7.54. The van der Waals surface area contributed by atoms with E-state index in [1.807, 2.05) is 61.5 Å². The average Bonchev–Trinajstić information content (AvgIpc) is 2.87. The van der Waals surface area contributed by atoms with Crippen LogP contribution < -0.4 is 9.62 Å². The van der Waals surface area contributed by atoms with Crippen LogP contribution in [0.2, 0.25) is 5.02 Å². The zero-order chi connectivity index (χ0) is 24.8. The molecule has 0 aliphatic carbocycles. The maximum atomic E-state index is 13.6. The third kappa shape index (κ3) is 5.73. The molecule has 0 spiro atoms. The molecule has 0 radical (unpaired) electrons. The first-order chi connectivity index (χ1) is 16.9. The summed E-state index contributed by atoms with van der Waals surface area (Å²) < 4.78 is 28.2. The Hall–Kier alpha value is -3.61. The van der Waals surface area contributed by atoms with Gasteiger partial charge in [-0.2, -0.15) is 0 Å². The topological polar surface area (TPSA) is 66.5 Å². The molecule has 0 fully saturated rings. The number of nitrogens with zero attached hydrogens (tertiary/aromatic N) is 1. The summed E-state index contributed by atoms with van der Waals surface area (Å²) in [4.78, 5) is 13.5. The fourth-order valence-corrected chi connectivity index (χ4v) is 5.52. The monoisotopic (exact) mass is 504 g/mol. The van der Waals surface area contributed by atoms with Crippen LogP contribution in [0.1, 0.15) is 22.7 Å². The van der Waals surface area contributed by atoms with E-state index >= 15 is 0 Å². The zero-order valence-electron chi connectivity index (χ0n) is 19.1. The van der Waals surface area contributed by atoms with Crippen LogP contribution in [-0.4, -0.2) is 20.9 Å². The Morgan fingerprint density at radius 3 is 2.14 bits per heavy atom. The van der Waals surface area contributed by atoms with Crippen molar-refractivity contribution in [2.45, 2.75) is 17.9 Å². The Morgan fingerprint density at radius 2 is 1.49 bits per heavy atom. The third-order valence-electron chi connectivity index (χ3n) is 5.65. The molecule has 1 N–H and O–H groups in total. The Morgan fingerprint density at radius 1 is 0.857 bits per heavy atom. The van der Waals surface area contributed by atoms with Crippen molar-refractivity contribution < 1.29 is 13.2 Å². The highest BCUT2D eigenvalue weighted by molar-refractivity contribution is 7.92. The minimum absolute atomic E-state index is 0.0892. The second-order valence-corrected chi connectivity index (χ2v) is 10.4. The maximum Gasteiger partial charge on any atom is 0.264 e. The second-order valence-electron chi connectivity index (χ2n) is 8.07. The largest absolute Gasteiger partial charge is 0.344 e. The summed E-state index contributed by atoms with van der Waals surface area (Å²) in [6.45, 7) is 1.57. The average molecular weight is 505 g/mol. The molecule has 1 unspecified atom stereocenters. The van der Waals surface area contributed by atoms with E-state index < -0.39 is 28.5 Å². The number of amides is 1. The summed E-state index contributed by atoms with van der Waals surface area (Å²) in [7, 11) is -4.03. The molecule has 35 heavy (non-hydrogen) atoms. The smallest absolute Gasteiger partial charge is 0.264 e. The molecule has 0 aliphatic rings. The molecule has 178 valence electrons. The highest BCUT2D eigenvalue weighted by atomic mass is 35.5. The van der Waals surface area contributed by atoms with Crippen molar-refractivity contribution in [3.8, 4) is 0 Å². The van der Waals surface area contributed by atoms with E-state index in [-0.39, 0.29) is 4.90 Å². The van der Waals surface area contributed by atoms with E-state index in [0.717, 1.165) is 21.0 Å². The minimum atomic E-state index is -4.03.